The molecular weight excluding hydrogens is 304 g/mol. The third-order valence-electron chi connectivity index (χ3n) is 4.39. The van der Waals surface area contributed by atoms with E-state index in [9.17, 15) is 9.59 Å². The van der Waals surface area contributed by atoms with Crippen LogP contribution in [-0.2, 0) is 16.0 Å². The van der Waals surface area contributed by atoms with Gasteiger partial charge in [0.1, 0.15) is 5.75 Å². The number of fused-ring (bicyclic) bond motifs is 1. The summed E-state index contributed by atoms with van der Waals surface area (Å²) in [6, 6.07) is 5.98. The molecule has 1 fully saturated rings. The van der Waals surface area contributed by atoms with Gasteiger partial charge in [-0.05, 0) is 29.3 Å². The van der Waals surface area contributed by atoms with Gasteiger partial charge in [-0.2, -0.15) is 0 Å². The van der Waals surface area contributed by atoms with Gasteiger partial charge in [0.15, 0.2) is 0 Å². The van der Waals surface area contributed by atoms with Crippen LogP contribution in [0.5, 0.6) is 5.75 Å². The van der Waals surface area contributed by atoms with Crippen LogP contribution < -0.4 is 4.74 Å². The molecule has 1 aromatic carbocycles. The maximum atomic E-state index is 12.3. The van der Waals surface area contributed by atoms with E-state index < -0.39 is 0 Å². The molecule has 0 spiro atoms. The summed E-state index contributed by atoms with van der Waals surface area (Å²) in [6.45, 7) is 6.64. The zero-order valence-corrected chi connectivity index (χ0v) is 13.7. The molecule has 2 aliphatic heterocycles. The molecule has 2 amide bonds. The highest BCUT2D eigenvalue weighted by molar-refractivity contribution is 5.92. The third-order valence-corrected chi connectivity index (χ3v) is 4.39. The molecule has 0 N–H and O–H groups in total. The summed E-state index contributed by atoms with van der Waals surface area (Å²) in [6.07, 6.45) is 6.35. The third kappa shape index (κ3) is 3.67. The Morgan fingerprint density at radius 2 is 1.92 bits per heavy atom. The Hall–Kier alpha value is -2.56. The fourth-order valence-corrected chi connectivity index (χ4v) is 3.01. The van der Waals surface area contributed by atoms with Crippen LogP contribution in [0.2, 0.25) is 0 Å². The highest BCUT2D eigenvalue weighted by Crippen LogP contribution is 2.26. The van der Waals surface area contributed by atoms with Gasteiger partial charge in [-0.25, -0.2) is 0 Å². The van der Waals surface area contributed by atoms with E-state index in [0.717, 1.165) is 24.3 Å². The minimum Gasteiger partial charge on any atom is -0.493 e. The van der Waals surface area contributed by atoms with Gasteiger partial charge < -0.3 is 14.5 Å². The lowest BCUT2D eigenvalue weighted by Crippen LogP contribution is -2.50. The fourth-order valence-electron chi connectivity index (χ4n) is 3.01. The topological polar surface area (TPSA) is 49.9 Å². The zero-order valence-electron chi connectivity index (χ0n) is 13.7. The number of benzene rings is 1. The van der Waals surface area contributed by atoms with Gasteiger partial charge in [0, 0.05) is 45.1 Å². The molecule has 126 valence electrons. The minimum atomic E-state index is -0.0115. The summed E-state index contributed by atoms with van der Waals surface area (Å²) < 4.78 is 5.48. The van der Waals surface area contributed by atoms with Crippen LogP contribution in [0.1, 0.15) is 17.5 Å². The number of piperazine rings is 1. The Bertz CT molecular complexity index is 673. The van der Waals surface area contributed by atoms with E-state index in [1.807, 2.05) is 18.2 Å². The monoisotopic (exact) mass is 326 g/mol. The number of carbonyl (C=O) groups is 2. The molecule has 5 nitrogen and oxygen atoms in total. The number of ether oxygens (including phenoxy) is 1. The molecule has 0 aliphatic carbocycles. The molecule has 0 saturated carbocycles. The van der Waals surface area contributed by atoms with E-state index in [1.165, 1.54) is 5.56 Å². The average molecular weight is 326 g/mol. The maximum Gasteiger partial charge on any atom is 0.246 e. The Morgan fingerprint density at radius 1 is 1.17 bits per heavy atom. The summed E-state index contributed by atoms with van der Waals surface area (Å²) in [4.78, 5) is 27.7. The van der Waals surface area contributed by atoms with E-state index in [4.69, 9.17) is 4.74 Å². The van der Waals surface area contributed by atoms with Crippen molar-refractivity contribution in [3.8, 4) is 5.75 Å². The quantitative estimate of drug-likeness (QED) is 0.627. The van der Waals surface area contributed by atoms with Crippen molar-refractivity contribution in [1.82, 2.24) is 9.80 Å². The summed E-state index contributed by atoms with van der Waals surface area (Å²) in [7, 11) is 0. The molecule has 24 heavy (non-hydrogen) atoms. The van der Waals surface area contributed by atoms with Gasteiger partial charge in [-0.15, -0.1) is 6.58 Å². The van der Waals surface area contributed by atoms with Crippen molar-refractivity contribution in [2.75, 3.05) is 32.8 Å². The SMILES string of the molecule is C=CCC(=O)N1CCN(C(=O)C=Cc2ccc3c(c2)CCO3)CC1. The van der Waals surface area contributed by atoms with Gasteiger partial charge in [-0.1, -0.05) is 12.1 Å². The van der Waals surface area contributed by atoms with Crippen molar-refractivity contribution in [2.24, 2.45) is 0 Å². The summed E-state index contributed by atoms with van der Waals surface area (Å²) >= 11 is 0. The zero-order chi connectivity index (χ0) is 16.9. The first kappa shape index (κ1) is 16.3. The van der Waals surface area contributed by atoms with E-state index in [-0.39, 0.29) is 11.8 Å². The molecule has 1 saturated heterocycles. The van der Waals surface area contributed by atoms with Crippen LogP contribution in [-0.4, -0.2) is 54.4 Å². The lowest BCUT2D eigenvalue weighted by atomic mass is 10.1. The first-order valence-electron chi connectivity index (χ1n) is 8.29. The molecule has 2 heterocycles. The Balaban J connectivity index is 1.54. The van der Waals surface area contributed by atoms with Gasteiger partial charge in [0.2, 0.25) is 11.8 Å². The van der Waals surface area contributed by atoms with Crippen LogP contribution in [0, 0.1) is 0 Å². The Labute approximate surface area is 142 Å². The Kier molecular flexibility index (Phi) is 4.99. The predicted molar refractivity (Wildman–Crippen MR) is 92.6 cm³/mol. The lowest BCUT2D eigenvalue weighted by molar-refractivity contribution is -0.136. The number of hydrogen-bond donors (Lipinski definition) is 0. The highest BCUT2D eigenvalue weighted by atomic mass is 16.5. The van der Waals surface area contributed by atoms with Gasteiger partial charge in [0.05, 0.1) is 6.61 Å². The largest absolute Gasteiger partial charge is 0.493 e. The molecule has 0 atom stereocenters. The van der Waals surface area contributed by atoms with Crippen LogP contribution >= 0.6 is 0 Å². The summed E-state index contributed by atoms with van der Waals surface area (Å²) in [5.74, 6) is 1.01. The second kappa shape index (κ2) is 7.34. The smallest absolute Gasteiger partial charge is 0.246 e. The summed E-state index contributed by atoms with van der Waals surface area (Å²) in [5.41, 5.74) is 2.20. The van der Waals surface area contributed by atoms with Gasteiger partial charge in [-0.3, -0.25) is 9.59 Å². The fraction of sp³-hybridized carbons (Fsp3) is 0.368. The van der Waals surface area contributed by atoms with Gasteiger partial charge >= 0.3 is 0 Å². The number of carbonyl (C=O) groups excluding carboxylic acids is 2. The van der Waals surface area contributed by atoms with Crippen LogP contribution in [0.15, 0.2) is 36.9 Å². The number of hydrogen-bond acceptors (Lipinski definition) is 3. The standard InChI is InChI=1S/C19H22N2O3/c1-2-3-18(22)20-9-11-21(12-10-20)19(23)7-5-15-4-6-17-16(14-15)8-13-24-17/h2,4-7,14H,1,3,8-13H2. The number of nitrogens with zero attached hydrogens (tertiary/aromatic N) is 2. The van der Waals surface area contributed by atoms with Gasteiger partial charge in [0.25, 0.3) is 0 Å². The van der Waals surface area contributed by atoms with E-state index in [0.29, 0.717) is 32.6 Å². The van der Waals surface area contributed by atoms with Crippen LogP contribution in [0.3, 0.4) is 0 Å². The molecule has 0 aromatic heterocycles. The number of amides is 2. The molecule has 0 unspecified atom stereocenters. The summed E-state index contributed by atoms with van der Waals surface area (Å²) in [5, 5.41) is 0. The molecule has 3 rings (SSSR count). The highest BCUT2D eigenvalue weighted by Gasteiger charge is 2.22. The van der Waals surface area contributed by atoms with Crippen molar-refractivity contribution in [2.45, 2.75) is 12.8 Å². The molecule has 2 aliphatic rings. The molecule has 1 aromatic rings. The first-order valence-corrected chi connectivity index (χ1v) is 8.29. The average Bonchev–Trinajstić information content (AvgIpc) is 3.07. The maximum absolute atomic E-state index is 12.3. The van der Waals surface area contributed by atoms with Crippen molar-refractivity contribution in [1.29, 1.82) is 0 Å². The number of rotatable bonds is 4. The normalized spacial score (nSPS) is 16.8. The van der Waals surface area contributed by atoms with E-state index in [1.54, 1.807) is 22.0 Å². The van der Waals surface area contributed by atoms with Crippen LogP contribution in [0.25, 0.3) is 6.08 Å². The molecular formula is C19H22N2O3. The Morgan fingerprint density at radius 3 is 2.67 bits per heavy atom. The van der Waals surface area contributed by atoms with Crippen molar-refractivity contribution in [3.05, 3.63) is 48.1 Å². The molecule has 0 bridgehead atoms. The second-order valence-electron chi connectivity index (χ2n) is 6.00. The first-order chi connectivity index (χ1) is 11.7. The lowest BCUT2D eigenvalue weighted by Gasteiger charge is -2.34. The van der Waals surface area contributed by atoms with Crippen molar-refractivity contribution < 1.29 is 14.3 Å². The minimum absolute atomic E-state index is 0.0115. The van der Waals surface area contributed by atoms with Crippen LogP contribution in [0.4, 0.5) is 0 Å². The molecule has 5 heteroatoms. The van der Waals surface area contributed by atoms with Crippen molar-refractivity contribution >= 4 is 17.9 Å². The van der Waals surface area contributed by atoms with E-state index >= 15 is 0 Å². The molecule has 0 radical (unpaired) electrons. The second-order valence-corrected chi connectivity index (χ2v) is 6.00. The van der Waals surface area contributed by atoms with E-state index in [2.05, 4.69) is 12.6 Å². The predicted octanol–water partition coefficient (Wildman–Crippen LogP) is 1.88. The van der Waals surface area contributed by atoms with Crippen molar-refractivity contribution in [3.63, 3.8) is 0 Å².